The summed E-state index contributed by atoms with van der Waals surface area (Å²) in [6, 6.07) is 9.48. The fourth-order valence-electron chi connectivity index (χ4n) is 2.20. The number of anilines is 1. The molecule has 5 nitrogen and oxygen atoms in total. The minimum atomic E-state index is -3.01. The Morgan fingerprint density at radius 2 is 1.94 bits per heavy atom. The summed E-state index contributed by atoms with van der Waals surface area (Å²) in [6.45, 7) is 0. The summed E-state index contributed by atoms with van der Waals surface area (Å²) in [4.78, 5) is 0. The molecule has 0 amide bonds. The summed E-state index contributed by atoms with van der Waals surface area (Å²) in [5.74, 6) is 0.697. The molecule has 0 saturated heterocycles. The van der Waals surface area contributed by atoms with Crippen molar-refractivity contribution >= 4 is 15.7 Å². The highest BCUT2D eigenvalue weighted by molar-refractivity contribution is 7.90. The first-order chi connectivity index (χ1) is 8.57. The number of nitrogen functional groups attached to an aromatic ring is 1. The smallest absolute Gasteiger partial charge is 0.156 e. The third-order valence-corrected chi connectivity index (χ3v) is 4.67. The van der Waals surface area contributed by atoms with Crippen molar-refractivity contribution in [1.29, 1.82) is 0 Å². The second-order valence-electron chi connectivity index (χ2n) is 4.40. The van der Waals surface area contributed by atoms with Crippen molar-refractivity contribution in [1.82, 2.24) is 9.78 Å². The molecule has 2 N–H and O–H groups in total. The van der Waals surface area contributed by atoms with Gasteiger partial charge in [-0.3, -0.25) is 0 Å². The lowest BCUT2D eigenvalue weighted by Gasteiger charge is -2.10. The molecule has 1 aromatic heterocycles. The van der Waals surface area contributed by atoms with Crippen molar-refractivity contribution in [2.45, 2.75) is 12.2 Å². The van der Waals surface area contributed by atoms with Gasteiger partial charge in [0.15, 0.2) is 9.84 Å². The molecule has 0 atom stereocenters. The number of nitrogens with zero attached hydrogens (tertiary/aromatic N) is 2. The number of sulfone groups is 1. The molecule has 0 spiro atoms. The van der Waals surface area contributed by atoms with Gasteiger partial charge in [0.1, 0.15) is 5.82 Å². The summed E-state index contributed by atoms with van der Waals surface area (Å²) in [6.07, 6.45) is 0.455. The van der Waals surface area contributed by atoms with Crippen LogP contribution >= 0.6 is 0 Å². The number of hydrogen-bond donors (Lipinski definition) is 1. The van der Waals surface area contributed by atoms with Crippen molar-refractivity contribution in [2.24, 2.45) is 0 Å². The minimum Gasteiger partial charge on any atom is -0.383 e. The summed E-state index contributed by atoms with van der Waals surface area (Å²) in [7, 11) is -3.01. The molecule has 1 aromatic carbocycles. The van der Waals surface area contributed by atoms with Crippen molar-refractivity contribution in [3.05, 3.63) is 41.6 Å². The molecule has 2 aromatic rings. The Morgan fingerprint density at radius 1 is 1.22 bits per heavy atom. The van der Waals surface area contributed by atoms with Crippen LogP contribution in [0.3, 0.4) is 0 Å². The van der Waals surface area contributed by atoms with E-state index in [1.165, 1.54) is 0 Å². The van der Waals surface area contributed by atoms with Crippen LogP contribution in [0.15, 0.2) is 30.3 Å². The quantitative estimate of drug-likeness (QED) is 0.830. The molecule has 0 fully saturated rings. The Labute approximate surface area is 105 Å². The number of para-hydroxylation sites is 1. The van der Waals surface area contributed by atoms with E-state index in [0.717, 1.165) is 11.3 Å². The lowest BCUT2D eigenvalue weighted by molar-refractivity contribution is 0.590. The first kappa shape index (κ1) is 11.3. The normalized spacial score (nSPS) is 17.3. The molecule has 18 heavy (non-hydrogen) atoms. The average Bonchev–Trinajstić information content (AvgIpc) is 2.66. The topological polar surface area (TPSA) is 78.0 Å². The number of rotatable bonds is 1. The third kappa shape index (κ3) is 1.78. The predicted octanol–water partition coefficient (Wildman–Crippen LogP) is 0.925. The first-order valence-electron chi connectivity index (χ1n) is 5.69. The van der Waals surface area contributed by atoms with E-state index < -0.39 is 9.84 Å². The molecule has 94 valence electrons. The minimum absolute atomic E-state index is 0.00757. The van der Waals surface area contributed by atoms with Crippen LogP contribution in [0.2, 0.25) is 0 Å². The zero-order valence-corrected chi connectivity index (χ0v) is 10.5. The highest BCUT2D eigenvalue weighted by Gasteiger charge is 2.27. The lowest BCUT2D eigenvalue weighted by Crippen LogP contribution is -2.18. The maximum atomic E-state index is 11.6. The maximum absolute atomic E-state index is 11.6. The monoisotopic (exact) mass is 263 g/mol. The second-order valence-corrected chi connectivity index (χ2v) is 6.58. The molecule has 0 saturated carbocycles. The van der Waals surface area contributed by atoms with E-state index in [-0.39, 0.29) is 11.5 Å². The van der Waals surface area contributed by atoms with Gasteiger partial charge in [0.2, 0.25) is 0 Å². The molecule has 0 aliphatic carbocycles. The van der Waals surface area contributed by atoms with Crippen LogP contribution in [0, 0.1) is 0 Å². The summed E-state index contributed by atoms with van der Waals surface area (Å²) < 4.78 is 24.8. The van der Waals surface area contributed by atoms with Gasteiger partial charge in [-0.05, 0) is 18.6 Å². The molecule has 3 rings (SSSR count). The van der Waals surface area contributed by atoms with E-state index in [2.05, 4.69) is 5.10 Å². The largest absolute Gasteiger partial charge is 0.383 e. The lowest BCUT2D eigenvalue weighted by atomic mass is 10.2. The van der Waals surface area contributed by atoms with E-state index >= 15 is 0 Å². The Balaban J connectivity index is 2.13. The van der Waals surface area contributed by atoms with Crippen molar-refractivity contribution in [3.8, 4) is 5.69 Å². The van der Waals surface area contributed by atoms with E-state index in [1.807, 2.05) is 30.3 Å². The van der Waals surface area contributed by atoms with Crippen molar-refractivity contribution in [2.75, 3.05) is 11.5 Å². The van der Waals surface area contributed by atoms with Gasteiger partial charge in [-0.15, -0.1) is 0 Å². The van der Waals surface area contributed by atoms with Crippen LogP contribution in [0.5, 0.6) is 0 Å². The predicted molar refractivity (Wildman–Crippen MR) is 69.2 cm³/mol. The van der Waals surface area contributed by atoms with Crippen LogP contribution in [0.1, 0.15) is 11.3 Å². The molecule has 0 unspecified atom stereocenters. The molecule has 2 heterocycles. The van der Waals surface area contributed by atoms with Gasteiger partial charge in [-0.2, -0.15) is 5.10 Å². The van der Waals surface area contributed by atoms with Gasteiger partial charge in [0, 0.05) is 5.56 Å². The zero-order valence-electron chi connectivity index (χ0n) is 9.70. The first-order valence-corrected chi connectivity index (χ1v) is 7.51. The van der Waals surface area contributed by atoms with Gasteiger partial charge >= 0.3 is 0 Å². The fraction of sp³-hybridized carbons (Fsp3) is 0.250. The van der Waals surface area contributed by atoms with Crippen molar-refractivity contribution in [3.63, 3.8) is 0 Å². The van der Waals surface area contributed by atoms with Gasteiger partial charge in [-0.25, -0.2) is 13.1 Å². The van der Waals surface area contributed by atoms with E-state index in [1.54, 1.807) is 4.68 Å². The Bertz CT molecular complexity index is 690. The van der Waals surface area contributed by atoms with Gasteiger partial charge < -0.3 is 5.73 Å². The molecule has 1 aliphatic heterocycles. The van der Waals surface area contributed by atoms with Crippen LogP contribution in [0.25, 0.3) is 5.69 Å². The molecular weight excluding hydrogens is 250 g/mol. The standard InChI is InChI=1S/C12H13N3O2S/c13-12-10-6-7-18(16,17)8-11(10)14-15(12)9-4-2-1-3-5-9/h1-5H,6-8,13H2. The van der Waals surface area contributed by atoms with Crippen molar-refractivity contribution < 1.29 is 8.42 Å². The van der Waals surface area contributed by atoms with Gasteiger partial charge in [0.25, 0.3) is 0 Å². The zero-order chi connectivity index (χ0) is 12.8. The maximum Gasteiger partial charge on any atom is 0.156 e. The highest BCUT2D eigenvalue weighted by Crippen LogP contribution is 2.27. The van der Waals surface area contributed by atoms with E-state index in [9.17, 15) is 8.42 Å². The van der Waals surface area contributed by atoms with Gasteiger partial charge in [0.05, 0.1) is 22.9 Å². The molecule has 0 radical (unpaired) electrons. The van der Waals surface area contributed by atoms with Crippen LogP contribution in [-0.2, 0) is 22.0 Å². The second kappa shape index (κ2) is 3.84. The summed E-state index contributed by atoms with van der Waals surface area (Å²) in [5, 5.41) is 4.33. The van der Waals surface area contributed by atoms with Gasteiger partial charge in [-0.1, -0.05) is 18.2 Å². The van der Waals surface area contributed by atoms with Crippen LogP contribution < -0.4 is 5.73 Å². The number of nitrogens with two attached hydrogens (primary N) is 1. The molecule has 1 aliphatic rings. The third-order valence-electron chi connectivity index (χ3n) is 3.13. The Hall–Kier alpha value is -1.82. The number of aromatic nitrogens is 2. The SMILES string of the molecule is Nc1c2c(nn1-c1ccccc1)CS(=O)(=O)CC2. The number of fused-ring (bicyclic) bond motifs is 1. The van der Waals surface area contributed by atoms with E-state index in [0.29, 0.717) is 17.9 Å². The van der Waals surface area contributed by atoms with E-state index in [4.69, 9.17) is 5.73 Å². The Morgan fingerprint density at radius 3 is 2.67 bits per heavy atom. The van der Waals surface area contributed by atoms with Crippen LogP contribution in [-0.4, -0.2) is 24.0 Å². The summed E-state index contributed by atoms with van der Waals surface area (Å²) >= 11 is 0. The Kier molecular flexibility index (Phi) is 2.41. The summed E-state index contributed by atoms with van der Waals surface area (Å²) in [5.41, 5.74) is 8.35. The highest BCUT2D eigenvalue weighted by atomic mass is 32.2. The van der Waals surface area contributed by atoms with Crippen LogP contribution in [0.4, 0.5) is 5.82 Å². The molecular formula is C12H13N3O2S. The average molecular weight is 263 g/mol. The number of benzene rings is 1. The fourth-order valence-corrected chi connectivity index (χ4v) is 3.51. The molecule has 6 heteroatoms. The number of hydrogen-bond acceptors (Lipinski definition) is 4. The molecule has 0 bridgehead atoms.